The monoisotopic (exact) mass is 842 g/mol. The predicted octanol–water partition coefficient (Wildman–Crippen LogP) is 16.5. The Hall–Kier alpha value is -7.44. The first kappa shape index (κ1) is 40.6. The Morgan fingerprint density at radius 2 is 0.516 bits per heavy atom. The van der Waals surface area contributed by atoms with E-state index in [1.807, 2.05) is 72.8 Å². The molecule has 8 aromatic carbocycles. The number of hydrogen-bond acceptors (Lipinski definition) is 6. The molecule has 0 N–H and O–H groups in total. The maximum Gasteiger partial charge on any atom is 0.135 e. The molecule has 318 valence electrons. The molecule has 8 aromatic rings. The van der Waals surface area contributed by atoms with Gasteiger partial charge in [0.2, 0.25) is 0 Å². The van der Waals surface area contributed by atoms with Gasteiger partial charge < -0.3 is 28.4 Å². The molecular weight excluding hydrogens is 793 g/mol. The van der Waals surface area contributed by atoms with Crippen LogP contribution in [0.15, 0.2) is 146 Å². The van der Waals surface area contributed by atoms with Gasteiger partial charge in [0.05, 0.1) is 0 Å². The van der Waals surface area contributed by atoms with Crippen molar-refractivity contribution < 1.29 is 28.4 Å². The SMILES string of the molecule is Cc1ccc(Oc2ccc3c(c2)Oc2cc(Oc4ccc(C)cc4C)ccc2C3C2c3ccc(Oc4ccc(C)cc4C)cc3Oc3cc(Oc4ccc(C)cc4C)ccc32)c(C)c1. The summed E-state index contributed by atoms with van der Waals surface area (Å²) in [6.07, 6.45) is 0. The third-order valence-corrected chi connectivity index (χ3v) is 12.3. The van der Waals surface area contributed by atoms with Crippen LogP contribution in [0.5, 0.6) is 69.0 Å². The Morgan fingerprint density at radius 1 is 0.281 bits per heavy atom. The zero-order chi connectivity index (χ0) is 44.2. The highest BCUT2D eigenvalue weighted by atomic mass is 16.5. The van der Waals surface area contributed by atoms with E-state index in [0.717, 1.165) is 67.5 Å². The van der Waals surface area contributed by atoms with Crippen LogP contribution in [0.25, 0.3) is 0 Å². The van der Waals surface area contributed by atoms with Gasteiger partial charge in [-0.3, -0.25) is 0 Å². The van der Waals surface area contributed by atoms with Crippen LogP contribution in [0, 0.1) is 55.4 Å². The molecule has 2 aliphatic heterocycles. The second-order valence-corrected chi connectivity index (χ2v) is 17.4. The third-order valence-electron chi connectivity index (χ3n) is 12.3. The Morgan fingerprint density at radius 3 is 0.734 bits per heavy atom. The van der Waals surface area contributed by atoms with Crippen LogP contribution in [0.3, 0.4) is 0 Å². The second kappa shape index (κ2) is 16.4. The molecule has 0 saturated heterocycles. The number of benzene rings is 8. The van der Waals surface area contributed by atoms with E-state index in [0.29, 0.717) is 46.0 Å². The molecule has 6 nitrogen and oxygen atoms in total. The van der Waals surface area contributed by atoms with Gasteiger partial charge in [0.25, 0.3) is 0 Å². The van der Waals surface area contributed by atoms with Crippen LogP contribution in [0.2, 0.25) is 0 Å². The fraction of sp³-hybridized carbons (Fsp3) is 0.172. The van der Waals surface area contributed by atoms with Crippen molar-refractivity contribution in [2.75, 3.05) is 0 Å². The highest BCUT2D eigenvalue weighted by molar-refractivity contribution is 5.66. The first-order valence-electron chi connectivity index (χ1n) is 21.8. The molecule has 0 amide bonds. The minimum atomic E-state index is -0.206. The molecule has 0 aromatic heterocycles. The van der Waals surface area contributed by atoms with Crippen LogP contribution < -0.4 is 28.4 Å². The normalized spacial score (nSPS) is 12.8. The summed E-state index contributed by atoms with van der Waals surface area (Å²) in [4.78, 5) is 0. The minimum absolute atomic E-state index is 0.206. The molecule has 0 aliphatic carbocycles. The van der Waals surface area contributed by atoms with Crippen LogP contribution in [0.1, 0.15) is 78.6 Å². The first-order valence-corrected chi connectivity index (χ1v) is 21.8. The molecule has 2 aliphatic rings. The molecule has 0 bridgehead atoms. The predicted molar refractivity (Wildman–Crippen MR) is 254 cm³/mol. The number of hydrogen-bond donors (Lipinski definition) is 0. The largest absolute Gasteiger partial charge is 0.457 e. The van der Waals surface area contributed by atoms with Crippen molar-refractivity contribution in [1.29, 1.82) is 0 Å². The average molecular weight is 843 g/mol. The van der Waals surface area contributed by atoms with Gasteiger partial charge in [-0.05, 0) is 126 Å². The van der Waals surface area contributed by atoms with Crippen LogP contribution in [0.4, 0.5) is 0 Å². The van der Waals surface area contributed by atoms with E-state index in [1.165, 1.54) is 22.3 Å². The summed E-state index contributed by atoms with van der Waals surface area (Å²) in [5, 5.41) is 0. The van der Waals surface area contributed by atoms with Crippen molar-refractivity contribution in [2.45, 2.75) is 67.2 Å². The molecule has 0 radical (unpaired) electrons. The number of fused-ring (bicyclic) bond motifs is 4. The Kier molecular flexibility index (Phi) is 10.4. The highest BCUT2D eigenvalue weighted by Crippen LogP contribution is 2.59. The van der Waals surface area contributed by atoms with E-state index in [4.69, 9.17) is 28.4 Å². The van der Waals surface area contributed by atoms with Gasteiger partial charge in [-0.25, -0.2) is 0 Å². The van der Waals surface area contributed by atoms with E-state index < -0.39 is 0 Å². The van der Waals surface area contributed by atoms with Crippen molar-refractivity contribution in [3.8, 4) is 69.0 Å². The van der Waals surface area contributed by atoms with Crippen LogP contribution in [-0.4, -0.2) is 0 Å². The lowest BCUT2D eigenvalue weighted by atomic mass is 9.71. The quantitative estimate of drug-likeness (QED) is 0.144. The third kappa shape index (κ3) is 7.92. The second-order valence-electron chi connectivity index (χ2n) is 17.4. The topological polar surface area (TPSA) is 55.4 Å². The molecule has 0 fully saturated rings. The Labute approximate surface area is 375 Å². The van der Waals surface area contributed by atoms with Gasteiger partial charge >= 0.3 is 0 Å². The summed E-state index contributed by atoms with van der Waals surface area (Å²) in [5.74, 6) is 8.37. The summed E-state index contributed by atoms with van der Waals surface area (Å²) < 4.78 is 40.0. The maximum atomic E-state index is 6.91. The van der Waals surface area contributed by atoms with E-state index in [9.17, 15) is 0 Å². The summed E-state index contributed by atoms with van der Waals surface area (Å²) in [7, 11) is 0. The maximum absolute atomic E-state index is 6.91. The molecule has 2 heterocycles. The van der Waals surface area contributed by atoms with Gasteiger partial charge in [-0.2, -0.15) is 0 Å². The van der Waals surface area contributed by atoms with E-state index in [1.54, 1.807) is 0 Å². The van der Waals surface area contributed by atoms with Gasteiger partial charge in [0.15, 0.2) is 0 Å². The summed E-state index contributed by atoms with van der Waals surface area (Å²) in [5.41, 5.74) is 13.1. The smallest absolute Gasteiger partial charge is 0.135 e. The van der Waals surface area contributed by atoms with Crippen molar-refractivity contribution in [2.24, 2.45) is 0 Å². The van der Waals surface area contributed by atoms with Crippen molar-refractivity contribution >= 4 is 0 Å². The Balaban J connectivity index is 1.11. The van der Waals surface area contributed by atoms with Gasteiger partial charge in [0, 0.05) is 58.4 Å². The lowest BCUT2D eigenvalue weighted by molar-refractivity contribution is 0.400. The molecular formula is C58H50O6. The van der Waals surface area contributed by atoms with Gasteiger partial charge in [-0.15, -0.1) is 0 Å². The van der Waals surface area contributed by atoms with Crippen molar-refractivity contribution in [3.63, 3.8) is 0 Å². The van der Waals surface area contributed by atoms with Crippen LogP contribution >= 0.6 is 0 Å². The minimum Gasteiger partial charge on any atom is -0.457 e. The molecule has 0 atom stereocenters. The summed E-state index contributed by atoms with van der Waals surface area (Å²) >= 11 is 0. The zero-order valence-electron chi connectivity index (χ0n) is 37.5. The standard InChI is InChI=1S/C58H50O6/c1-33-9-21-49(37(5)25-33)59-41-13-17-45-53(29-41)63-54-30-42(60-50-22-10-34(2)26-38(50)6)14-18-46(54)57(45)58-47-19-15-43(61-51-23-11-35(3)27-39(51)7)31-55(47)64-56-32-44(16-20-48(56)58)62-52-24-12-36(4)28-40(52)8/h9-32,57-58H,1-8H3. The molecule has 10 rings (SSSR count). The van der Waals surface area contributed by atoms with Crippen molar-refractivity contribution in [1.82, 2.24) is 0 Å². The summed E-state index contributed by atoms with van der Waals surface area (Å²) in [6, 6.07) is 49.6. The first-order chi connectivity index (χ1) is 30.9. The van der Waals surface area contributed by atoms with Gasteiger partial charge in [0.1, 0.15) is 69.0 Å². The molecule has 6 heteroatoms. The molecule has 0 saturated carbocycles. The molecule has 64 heavy (non-hydrogen) atoms. The number of rotatable bonds is 9. The van der Waals surface area contributed by atoms with E-state index in [-0.39, 0.29) is 11.8 Å². The Bertz CT molecular complexity index is 2710. The lowest BCUT2D eigenvalue weighted by Crippen LogP contribution is -2.22. The van der Waals surface area contributed by atoms with Gasteiger partial charge in [-0.1, -0.05) is 95.1 Å². The molecule has 0 unspecified atom stereocenters. The van der Waals surface area contributed by atoms with E-state index >= 15 is 0 Å². The zero-order valence-corrected chi connectivity index (χ0v) is 37.5. The number of ether oxygens (including phenoxy) is 6. The molecule has 0 spiro atoms. The van der Waals surface area contributed by atoms with Crippen molar-refractivity contribution in [3.05, 3.63) is 212 Å². The lowest BCUT2D eigenvalue weighted by Gasteiger charge is -2.38. The average Bonchev–Trinajstić information content (AvgIpc) is 3.26. The van der Waals surface area contributed by atoms with E-state index in [2.05, 4.69) is 128 Å². The van der Waals surface area contributed by atoms with Crippen LogP contribution in [-0.2, 0) is 0 Å². The fourth-order valence-electron chi connectivity index (χ4n) is 9.15. The summed E-state index contributed by atoms with van der Waals surface area (Å²) in [6.45, 7) is 16.6. The fourth-order valence-corrected chi connectivity index (χ4v) is 9.15. The highest BCUT2D eigenvalue weighted by Gasteiger charge is 2.41. The number of aryl methyl sites for hydroxylation is 8.